The Bertz CT molecular complexity index is 996. The monoisotopic (exact) mass is 498 g/mol. The van der Waals surface area contributed by atoms with Gasteiger partial charge in [0.2, 0.25) is 0 Å². The molecule has 0 heterocycles. The number of carbonyl (C=O) groups is 2. The van der Waals surface area contributed by atoms with Crippen LogP contribution >= 0.6 is 0 Å². The van der Waals surface area contributed by atoms with Crippen molar-refractivity contribution in [2.45, 2.75) is 112 Å². The maximum absolute atomic E-state index is 14.4. The van der Waals surface area contributed by atoms with Gasteiger partial charge in [0.05, 0.1) is 18.6 Å². The topological polar surface area (TPSA) is 52.6 Å². The predicted molar refractivity (Wildman–Crippen MR) is 142 cm³/mol. The molecule has 5 aliphatic carbocycles. The smallest absolute Gasteiger partial charge is 0.311 e. The quantitative estimate of drug-likeness (QED) is 0.379. The van der Waals surface area contributed by atoms with E-state index in [2.05, 4.69) is 54.5 Å². The van der Waals surface area contributed by atoms with Crippen molar-refractivity contribution in [1.29, 1.82) is 0 Å². The van der Waals surface area contributed by atoms with Crippen LogP contribution in [0, 0.1) is 50.2 Å². The highest BCUT2D eigenvalue weighted by Gasteiger charge is 2.70. The van der Waals surface area contributed by atoms with Crippen molar-refractivity contribution in [3.63, 3.8) is 0 Å². The van der Waals surface area contributed by atoms with Gasteiger partial charge in [0.1, 0.15) is 0 Å². The summed E-state index contributed by atoms with van der Waals surface area (Å²) in [5.41, 5.74) is 1.03. The van der Waals surface area contributed by atoms with Crippen molar-refractivity contribution >= 4 is 11.8 Å². The largest absolute Gasteiger partial charge is 0.469 e. The molecule has 0 spiro atoms. The van der Waals surface area contributed by atoms with Crippen LogP contribution in [-0.2, 0) is 19.1 Å². The fourth-order valence-corrected chi connectivity index (χ4v) is 11.0. The van der Waals surface area contributed by atoms with Crippen LogP contribution in [0.3, 0.4) is 0 Å². The van der Waals surface area contributed by atoms with E-state index in [1.54, 1.807) is 0 Å². The molecule has 4 saturated carbocycles. The molecule has 0 radical (unpaired) electrons. The minimum absolute atomic E-state index is 0.0124. The van der Waals surface area contributed by atoms with Crippen LogP contribution in [0.25, 0.3) is 0 Å². The summed E-state index contributed by atoms with van der Waals surface area (Å²) in [6, 6.07) is 0. The Morgan fingerprint density at radius 3 is 2.19 bits per heavy atom. The molecular formula is C32H50O4. The van der Waals surface area contributed by atoms with Gasteiger partial charge in [-0.25, -0.2) is 0 Å². The van der Waals surface area contributed by atoms with Gasteiger partial charge in [-0.1, -0.05) is 47.1 Å². The standard InChI is InChI=1S/C32H50O4/c1-27(2)23-10-13-32(7)25(30(23,5)12-11-24(27)35-8)22(33)18-20-21-19-29(4,26(34)36-9)15-14-28(21,3)16-17-31(20,32)6/h18,21,23-25H,10-17,19H2,1-9H3/t21?,23?,24?,25?,28-,29+,30+,31-,32-/m1/s1. The zero-order valence-corrected chi connectivity index (χ0v) is 24.4. The Hall–Kier alpha value is -1.16. The molecule has 0 N–H and O–H groups in total. The molecule has 0 aromatic heterocycles. The molecule has 4 heteroatoms. The van der Waals surface area contributed by atoms with Crippen LogP contribution in [0.1, 0.15) is 106 Å². The van der Waals surface area contributed by atoms with E-state index in [9.17, 15) is 9.59 Å². The molecule has 0 aromatic carbocycles. The Morgan fingerprint density at radius 1 is 0.889 bits per heavy atom. The average Bonchev–Trinajstić information content (AvgIpc) is 2.80. The first-order valence-corrected chi connectivity index (χ1v) is 14.5. The van der Waals surface area contributed by atoms with Gasteiger partial charge in [0, 0.05) is 13.0 Å². The molecule has 4 unspecified atom stereocenters. The lowest BCUT2D eigenvalue weighted by Gasteiger charge is -2.70. The van der Waals surface area contributed by atoms with Gasteiger partial charge in [-0.2, -0.15) is 0 Å². The van der Waals surface area contributed by atoms with E-state index < -0.39 is 5.41 Å². The number of carbonyl (C=O) groups excluding carboxylic acids is 2. The predicted octanol–water partition coefficient (Wildman–Crippen LogP) is 7.16. The van der Waals surface area contributed by atoms with Crippen molar-refractivity contribution in [1.82, 2.24) is 0 Å². The third kappa shape index (κ3) is 3.15. The molecule has 0 aliphatic heterocycles. The fourth-order valence-electron chi connectivity index (χ4n) is 11.0. The Kier molecular flexibility index (Phi) is 5.83. The molecule has 0 amide bonds. The van der Waals surface area contributed by atoms with Gasteiger partial charge in [-0.3, -0.25) is 9.59 Å². The molecule has 36 heavy (non-hydrogen) atoms. The first-order chi connectivity index (χ1) is 16.6. The van der Waals surface area contributed by atoms with E-state index in [-0.39, 0.29) is 51.0 Å². The van der Waals surface area contributed by atoms with E-state index in [1.807, 2.05) is 7.11 Å². The van der Waals surface area contributed by atoms with E-state index in [1.165, 1.54) is 19.1 Å². The molecule has 0 saturated heterocycles. The minimum atomic E-state index is -0.467. The first kappa shape index (κ1) is 26.4. The van der Waals surface area contributed by atoms with E-state index >= 15 is 0 Å². The maximum Gasteiger partial charge on any atom is 0.311 e. The lowest BCUT2D eigenvalue weighted by molar-refractivity contribution is -0.206. The molecule has 5 aliphatic rings. The molecule has 5 rings (SSSR count). The zero-order valence-electron chi connectivity index (χ0n) is 24.4. The Morgan fingerprint density at radius 2 is 1.56 bits per heavy atom. The summed E-state index contributed by atoms with van der Waals surface area (Å²) < 4.78 is 11.2. The Balaban J connectivity index is 1.60. The molecule has 4 fully saturated rings. The number of rotatable bonds is 2. The Labute approximate surface area is 219 Å². The van der Waals surface area contributed by atoms with Gasteiger partial charge in [0.25, 0.3) is 0 Å². The summed E-state index contributed by atoms with van der Waals surface area (Å²) in [7, 11) is 3.37. The molecule has 202 valence electrons. The summed E-state index contributed by atoms with van der Waals surface area (Å²) >= 11 is 0. The highest BCUT2D eigenvalue weighted by Crippen LogP contribution is 2.75. The van der Waals surface area contributed by atoms with Gasteiger partial charge >= 0.3 is 5.97 Å². The van der Waals surface area contributed by atoms with Gasteiger partial charge < -0.3 is 9.47 Å². The molecule has 4 nitrogen and oxygen atoms in total. The molecule has 0 bridgehead atoms. The highest BCUT2D eigenvalue weighted by molar-refractivity contribution is 5.95. The summed E-state index contributed by atoms with van der Waals surface area (Å²) in [5.74, 6) is 1.07. The lowest BCUT2D eigenvalue weighted by Crippen LogP contribution is -2.66. The van der Waals surface area contributed by atoms with Crippen LogP contribution in [0.2, 0.25) is 0 Å². The maximum atomic E-state index is 14.4. The number of esters is 1. The van der Waals surface area contributed by atoms with Crippen molar-refractivity contribution < 1.29 is 19.1 Å². The number of hydrogen-bond acceptors (Lipinski definition) is 4. The van der Waals surface area contributed by atoms with Crippen LogP contribution in [-0.4, -0.2) is 32.1 Å². The van der Waals surface area contributed by atoms with Crippen molar-refractivity contribution in [3.8, 4) is 0 Å². The average molecular weight is 499 g/mol. The van der Waals surface area contributed by atoms with Gasteiger partial charge in [0.15, 0.2) is 5.78 Å². The van der Waals surface area contributed by atoms with Crippen LogP contribution in [0.5, 0.6) is 0 Å². The van der Waals surface area contributed by atoms with Gasteiger partial charge in [-0.15, -0.1) is 0 Å². The second kappa shape index (κ2) is 7.93. The fraction of sp³-hybridized carbons (Fsp3) is 0.875. The summed E-state index contributed by atoms with van der Waals surface area (Å²) in [4.78, 5) is 27.2. The van der Waals surface area contributed by atoms with Crippen molar-refractivity contribution in [2.75, 3.05) is 14.2 Å². The number of ether oxygens (including phenoxy) is 2. The van der Waals surface area contributed by atoms with Crippen LogP contribution in [0.4, 0.5) is 0 Å². The molecule has 0 aromatic rings. The molecule has 9 atom stereocenters. The number of ketones is 1. The number of fused-ring (bicyclic) bond motifs is 7. The highest BCUT2D eigenvalue weighted by atomic mass is 16.5. The third-order valence-electron chi connectivity index (χ3n) is 13.5. The molecular weight excluding hydrogens is 448 g/mol. The lowest BCUT2D eigenvalue weighted by atomic mass is 9.33. The van der Waals surface area contributed by atoms with Crippen molar-refractivity contribution in [2.24, 2.45) is 50.2 Å². The summed E-state index contributed by atoms with van der Waals surface area (Å²) in [6.07, 6.45) is 11.7. The number of allylic oxidation sites excluding steroid dienone is 2. The minimum Gasteiger partial charge on any atom is -0.469 e. The third-order valence-corrected chi connectivity index (χ3v) is 13.5. The zero-order chi connectivity index (χ0) is 26.5. The SMILES string of the molecule is COC(=O)[C@@]1(C)CC[C@]2(C)CC[C@]3(C)C(=CC(=O)C4[C@@]5(C)CCC(OC)C(C)(C)C5CC[C@]43C)C2C1. The summed E-state index contributed by atoms with van der Waals surface area (Å²) in [5, 5.41) is 0. The van der Waals surface area contributed by atoms with E-state index in [0.29, 0.717) is 11.7 Å². The second-order valence-electron chi connectivity index (χ2n) is 15.3. The summed E-state index contributed by atoms with van der Waals surface area (Å²) in [6.45, 7) is 16.6. The van der Waals surface area contributed by atoms with Crippen LogP contribution < -0.4 is 0 Å². The van der Waals surface area contributed by atoms with E-state index in [0.717, 1.165) is 51.4 Å². The van der Waals surface area contributed by atoms with Crippen molar-refractivity contribution in [3.05, 3.63) is 11.6 Å². The van der Waals surface area contributed by atoms with Crippen LogP contribution in [0.15, 0.2) is 11.6 Å². The van der Waals surface area contributed by atoms with E-state index in [4.69, 9.17) is 9.47 Å². The first-order valence-electron chi connectivity index (χ1n) is 14.5. The normalized spacial score (nSPS) is 51.7. The number of methoxy groups -OCH3 is 2. The van der Waals surface area contributed by atoms with Gasteiger partial charge in [-0.05, 0) is 110 Å². The number of hydrogen-bond donors (Lipinski definition) is 0. The second-order valence-corrected chi connectivity index (χ2v) is 15.3.